The second-order valence-electron chi connectivity index (χ2n) is 6.51. The summed E-state index contributed by atoms with van der Waals surface area (Å²) in [7, 11) is 0. The van der Waals surface area contributed by atoms with Crippen LogP contribution in [0.2, 0.25) is 0 Å². The minimum atomic E-state index is -0.338. The van der Waals surface area contributed by atoms with Crippen molar-refractivity contribution in [3.63, 3.8) is 0 Å². The average molecular weight is 342 g/mol. The lowest BCUT2D eigenvalue weighted by Crippen LogP contribution is -2.26. The van der Waals surface area contributed by atoms with E-state index in [1.807, 2.05) is 5.38 Å². The highest BCUT2D eigenvalue weighted by atomic mass is 32.1. The van der Waals surface area contributed by atoms with Gasteiger partial charge in [-0.1, -0.05) is 39.0 Å². The topological polar surface area (TPSA) is 87.7 Å². The van der Waals surface area contributed by atoms with Gasteiger partial charge in [0.05, 0.1) is 17.6 Å². The van der Waals surface area contributed by atoms with Crippen molar-refractivity contribution in [2.24, 2.45) is 0 Å². The lowest BCUT2D eigenvalue weighted by atomic mass is 9.93. The second kappa shape index (κ2) is 6.16. The number of aromatic amines is 1. The van der Waals surface area contributed by atoms with Crippen LogP contribution in [-0.2, 0) is 12.0 Å². The quantitative estimate of drug-likeness (QED) is 0.766. The van der Waals surface area contributed by atoms with Crippen LogP contribution in [-0.4, -0.2) is 21.1 Å². The maximum absolute atomic E-state index is 12.4. The zero-order valence-corrected chi connectivity index (χ0v) is 14.5. The van der Waals surface area contributed by atoms with Crippen LogP contribution in [0, 0.1) is 0 Å². The molecule has 0 saturated carbocycles. The van der Waals surface area contributed by atoms with Gasteiger partial charge in [-0.2, -0.15) is 5.10 Å². The van der Waals surface area contributed by atoms with Gasteiger partial charge in [0, 0.05) is 16.2 Å². The van der Waals surface area contributed by atoms with Crippen LogP contribution in [0.25, 0.3) is 10.8 Å². The fourth-order valence-corrected chi connectivity index (χ4v) is 3.22. The fraction of sp³-hybridized carbons (Fsp3) is 0.294. The van der Waals surface area contributed by atoms with Crippen molar-refractivity contribution < 1.29 is 4.79 Å². The average Bonchev–Trinajstić information content (AvgIpc) is 3.02. The van der Waals surface area contributed by atoms with Crippen molar-refractivity contribution in [3.05, 3.63) is 56.4 Å². The number of amides is 1. The van der Waals surface area contributed by atoms with Crippen LogP contribution < -0.4 is 10.9 Å². The molecule has 2 N–H and O–H groups in total. The summed E-state index contributed by atoms with van der Waals surface area (Å²) in [5, 5.41) is 12.9. The standard InChI is InChI=1S/C17H18N4O2S/c1-17(2,3)12-9-24-13(19-12)8-18-16(23)14-10-6-4-5-7-11(10)15(22)21-20-14/h4-7,9H,8H2,1-3H3,(H,18,23)(H,21,22). The molecule has 7 heteroatoms. The molecule has 0 unspecified atom stereocenters. The first-order valence-corrected chi connectivity index (χ1v) is 8.45. The first-order valence-electron chi connectivity index (χ1n) is 7.57. The van der Waals surface area contributed by atoms with E-state index >= 15 is 0 Å². The number of H-pyrrole nitrogens is 1. The van der Waals surface area contributed by atoms with Gasteiger partial charge in [0.25, 0.3) is 11.5 Å². The third-order valence-electron chi connectivity index (χ3n) is 3.63. The van der Waals surface area contributed by atoms with E-state index in [9.17, 15) is 9.59 Å². The molecule has 1 aromatic carbocycles. The molecule has 2 aromatic heterocycles. The molecule has 3 rings (SSSR count). The van der Waals surface area contributed by atoms with Gasteiger partial charge in [0.1, 0.15) is 5.01 Å². The summed E-state index contributed by atoms with van der Waals surface area (Å²) in [6.07, 6.45) is 0. The van der Waals surface area contributed by atoms with E-state index in [4.69, 9.17) is 0 Å². The maximum atomic E-state index is 12.4. The van der Waals surface area contributed by atoms with Crippen molar-refractivity contribution in [2.45, 2.75) is 32.7 Å². The highest BCUT2D eigenvalue weighted by Crippen LogP contribution is 2.23. The Morgan fingerprint density at radius 3 is 2.62 bits per heavy atom. The number of nitrogens with zero attached hydrogens (tertiary/aromatic N) is 2. The minimum Gasteiger partial charge on any atom is -0.344 e. The molecule has 0 saturated heterocycles. The fourth-order valence-electron chi connectivity index (χ4n) is 2.26. The number of carbonyl (C=O) groups excluding carboxylic acids is 1. The summed E-state index contributed by atoms with van der Waals surface area (Å²) in [5.74, 6) is -0.338. The van der Waals surface area contributed by atoms with Crippen molar-refractivity contribution in [3.8, 4) is 0 Å². The predicted molar refractivity (Wildman–Crippen MR) is 94.3 cm³/mol. The van der Waals surface area contributed by atoms with Crippen LogP contribution in [0.4, 0.5) is 0 Å². The lowest BCUT2D eigenvalue weighted by molar-refractivity contribution is 0.0946. The van der Waals surface area contributed by atoms with Crippen LogP contribution in [0.3, 0.4) is 0 Å². The first-order chi connectivity index (χ1) is 11.4. The smallest absolute Gasteiger partial charge is 0.272 e. The number of nitrogens with one attached hydrogen (secondary N) is 2. The molecule has 0 fully saturated rings. The van der Waals surface area contributed by atoms with Gasteiger partial charge in [-0.3, -0.25) is 9.59 Å². The molecular formula is C17H18N4O2S. The van der Waals surface area contributed by atoms with Crippen LogP contribution in [0.1, 0.15) is 42.0 Å². The number of hydrogen-bond acceptors (Lipinski definition) is 5. The predicted octanol–water partition coefficient (Wildman–Crippen LogP) is 2.61. The highest BCUT2D eigenvalue weighted by Gasteiger charge is 2.18. The second-order valence-corrected chi connectivity index (χ2v) is 7.45. The molecule has 0 aliphatic carbocycles. The van der Waals surface area contributed by atoms with Gasteiger partial charge in [-0.15, -0.1) is 11.3 Å². The molecule has 3 aromatic rings. The zero-order chi connectivity index (χ0) is 17.3. The van der Waals surface area contributed by atoms with Crippen LogP contribution >= 0.6 is 11.3 Å². The summed E-state index contributed by atoms with van der Waals surface area (Å²) < 4.78 is 0. The van der Waals surface area contributed by atoms with Gasteiger partial charge in [0.15, 0.2) is 5.69 Å². The molecule has 6 nitrogen and oxygen atoms in total. The molecule has 0 bridgehead atoms. The van der Waals surface area contributed by atoms with E-state index < -0.39 is 0 Å². The van der Waals surface area contributed by atoms with E-state index in [1.165, 1.54) is 11.3 Å². The Bertz CT molecular complexity index is 953. The molecule has 0 radical (unpaired) electrons. The van der Waals surface area contributed by atoms with Crippen molar-refractivity contribution in [1.29, 1.82) is 0 Å². The van der Waals surface area contributed by atoms with Gasteiger partial charge in [-0.05, 0) is 6.07 Å². The van der Waals surface area contributed by atoms with E-state index in [0.29, 0.717) is 17.3 Å². The molecule has 0 aliphatic heterocycles. The molecule has 0 atom stereocenters. The molecule has 124 valence electrons. The van der Waals surface area contributed by atoms with Gasteiger partial charge >= 0.3 is 0 Å². The Labute approximate surface area is 143 Å². The molecule has 2 heterocycles. The summed E-state index contributed by atoms with van der Waals surface area (Å²) in [6.45, 7) is 6.62. The Kier molecular flexibility index (Phi) is 4.19. The number of benzene rings is 1. The summed E-state index contributed by atoms with van der Waals surface area (Å²) in [6, 6.07) is 6.91. The highest BCUT2D eigenvalue weighted by molar-refractivity contribution is 7.09. The summed E-state index contributed by atoms with van der Waals surface area (Å²) >= 11 is 1.52. The normalized spacial score (nSPS) is 11.6. The third-order valence-corrected chi connectivity index (χ3v) is 4.48. The van der Waals surface area contributed by atoms with E-state index in [1.54, 1.807) is 24.3 Å². The number of hydrogen-bond donors (Lipinski definition) is 2. The Hall–Kier alpha value is -2.54. The number of aromatic nitrogens is 3. The first kappa shape index (κ1) is 16.3. The molecular weight excluding hydrogens is 324 g/mol. The lowest BCUT2D eigenvalue weighted by Gasteiger charge is -2.14. The van der Waals surface area contributed by atoms with Gasteiger partial charge in [0.2, 0.25) is 0 Å². The van der Waals surface area contributed by atoms with E-state index in [-0.39, 0.29) is 22.6 Å². The molecule has 0 aliphatic rings. The van der Waals surface area contributed by atoms with Crippen molar-refractivity contribution in [2.75, 3.05) is 0 Å². The van der Waals surface area contributed by atoms with Crippen molar-refractivity contribution >= 4 is 28.0 Å². The SMILES string of the molecule is CC(C)(C)c1csc(CNC(=O)c2n[nH]c(=O)c3ccccc23)n1. The number of fused-ring (bicyclic) bond motifs is 1. The van der Waals surface area contributed by atoms with Crippen LogP contribution in [0.5, 0.6) is 0 Å². The third kappa shape index (κ3) is 3.21. The number of carbonyl (C=O) groups is 1. The van der Waals surface area contributed by atoms with Crippen LogP contribution in [0.15, 0.2) is 34.4 Å². The minimum absolute atomic E-state index is 0.0184. The zero-order valence-electron chi connectivity index (χ0n) is 13.7. The van der Waals surface area contributed by atoms with Gasteiger partial charge in [-0.25, -0.2) is 10.1 Å². The largest absolute Gasteiger partial charge is 0.344 e. The Morgan fingerprint density at radius 1 is 1.25 bits per heavy atom. The van der Waals surface area contributed by atoms with E-state index in [2.05, 4.69) is 41.3 Å². The maximum Gasteiger partial charge on any atom is 0.272 e. The van der Waals surface area contributed by atoms with E-state index in [0.717, 1.165) is 10.7 Å². The van der Waals surface area contributed by atoms with Gasteiger partial charge < -0.3 is 5.32 Å². The molecule has 1 amide bonds. The summed E-state index contributed by atoms with van der Waals surface area (Å²) in [5.41, 5.74) is 0.883. The Balaban J connectivity index is 1.80. The van der Waals surface area contributed by atoms with Crippen molar-refractivity contribution in [1.82, 2.24) is 20.5 Å². The summed E-state index contributed by atoms with van der Waals surface area (Å²) in [4.78, 5) is 28.7. The number of thiazole rings is 1. The molecule has 24 heavy (non-hydrogen) atoms. The monoisotopic (exact) mass is 342 g/mol. The molecule has 0 spiro atoms. The number of rotatable bonds is 3. The Morgan fingerprint density at radius 2 is 1.96 bits per heavy atom.